The second-order valence-corrected chi connectivity index (χ2v) is 36.1. The Balaban J connectivity index is 0.000000199. The number of methoxy groups -OCH3 is 4. The van der Waals surface area contributed by atoms with Crippen LogP contribution in [-0.2, 0) is 38.1 Å². The summed E-state index contributed by atoms with van der Waals surface area (Å²) in [4.78, 5) is 148. The molecule has 0 radical (unpaired) electrons. The van der Waals surface area contributed by atoms with Crippen LogP contribution in [0, 0.1) is 23.7 Å². The van der Waals surface area contributed by atoms with Gasteiger partial charge in [0.1, 0.15) is 47.5 Å². The average Bonchev–Trinajstić information content (AvgIpc) is 1.62. The van der Waals surface area contributed by atoms with E-state index in [4.69, 9.17) is 38.9 Å². The Morgan fingerprint density at radius 2 is 0.500 bits per heavy atom. The molecule has 0 saturated carbocycles. The first-order valence-corrected chi connectivity index (χ1v) is 45.8. The molecule has 0 spiro atoms. The number of rotatable bonds is 26. The molecule has 10 heterocycles. The van der Waals surface area contributed by atoms with E-state index in [9.17, 15) is 38.4 Å². The van der Waals surface area contributed by atoms with Gasteiger partial charge in [-0.05, 0) is 169 Å². The molecule has 130 heavy (non-hydrogen) atoms. The fourth-order valence-corrected chi connectivity index (χ4v) is 19.8. The lowest BCUT2D eigenvalue weighted by Gasteiger charge is -2.33. The maximum Gasteiger partial charge on any atom is 0.407 e. The smallest absolute Gasteiger partial charge is 0.407 e. The zero-order valence-corrected chi connectivity index (χ0v) is 76.2. The van der Waals surface area contributed by atoms with Gasteiger partial charge in [-0.3, -0.25) is 19.2 Å². The van der Waals surface area contributed by atoms with Crippen molar-refractivity contribution < 1.29 is 57.3 Å². The number of carbonyl (C=O) groups excluding carboxylic acids is 8. The summed E-state index contributed by atoms with van der Waals surface area (Å²) in [6.45, 7) is 17.7. The van der Waals surface area contributed by atoms with E-state index >= 15 is 0 Å². The van der Waals surface area contributed by atoms with E-state index in [1.54, 1.807) is 0 Å². The Hall–Kier alpha value is -13.3. The molecular weight excluding hydrogens is 1650 g/mol. The molecule has 30 heteroatoms. The number of hydrogen-bond acceptors (Lipinski definition) is 18. The highest BCUT2D eigenvalue weighted by Crippen LogP contribution is 2.50. The van der Waals surface area contributed by atoms with Crippen molar-refractivity contribution in [1.29, 1.82) is 0 Å². The fourth-order valence-electron chi connectivity index (χ4n) is 19.8. The number of amides is 8. The molecule has 8 amide bonds. The van der Waals surface area contributed by atoms with Crippen LogP contribution in [0.3, 0.4) is 0 Å². The second-order valence-electron chi connectivity index (χ2n) is 36.1. The van der Waals surface area contributed by atoms with Crippen molar-refractivity contribution >= 4 is 59.4 Å². The highest BCUT2D eigenvalue weighted by molar-refractivity contribution is 5.89. The number of anilines is 2. The molecule has 0 bridgehead atoms. The van der Waals surface area contributed by atoms with Crippen molar-refractivity contribution in [3.05, 3.63) is 228 Å². The zero-order chi connectivity index (χ0) is 91.6. The first-order valence-electron chi connectivity index (χ1n) is 45.8. The van der Waals surface area contributed by atoms with E-state index in [1.165, 1.54) is 62.1 Å². The number of nitrogens with zero attached hydrogens (tertiary/aromatic N) is 10. The lowest BCUT2D eigenvalue weighted by molar-refractivity contribution is -0.136. The van der Waals surface area contributed by atoms with Crippen LogP contribution >= 0.6 is 0 Å². The van der Waals surface area contributed by atoms with Crippen LogP contribution in [0.15, 0.2) is 183 Å². The summed E-state index contributed by atoms with van der Waals surface area (Å²) in [5.74, 6) is 1.99. The monoisotopic (exact) mass is 1770 g/mol. The van der Waals surface area contributed by atoms with Gasteiger partial charge in [0, 0.05) is 37.6 Å². The first kappa shape index (κ1) is 91.5. The van der Waals surface area contributed by atoms with Gasteiger partial charge in [-0.25, -0.2) is 39.1 Å². The topological polar surface area (TPSA) is 356 Å². The molecule has 684 valence electrons. The Kier molecular flexibility index (Phi) is 28.9. The van der Waals surface area contributed by atoms with Crippen LogP contribution in [0.25, 0.3) is 45.0 Å². The first-order chi connectivity index (χ1) is 62.9. The minimum atomic E-state index is -0.691. The maximum absolute atomic E-state index is 13.7. The number of aromatic nitrogens is 8. The van der Waals surface area contributed by atoms with Crippen LogP contribution in [0.4, 0.5) is 30.6 Å². The Labute approximate surface area is 759 Å². The molecule has 30 nitrogen and oxygen atoms in total. The number of aromatic amines is 4. The lowest BCUT2D eigenvalue weighted by Crippen LogP contribution is -2.51. The van der Waals surface area contributed by atoms with Gasteiger partial charge in [-0.2, -0.15) is 0 Å². The third-order valence-electron chi connectivity index (χ3n) is 26.7. The number of alkyl carbamates (subject to hydrolysis) is 4. The van der Waals surface area contributed by atoms with Gasteiger partial charge in [-0.1, -0.05) is 189 Å². The summed E-state index contributed by atoms with van der Waals surface area (Å²) in [5, 5.41) is 10.9. The molecule has 1 unspecified atom stereocenters. The van der Waals surface area contributed by atoms with Crippen molar-refractivity contribution in [2.24, 2.45) is 23.7 Å². The molecule has 6 aromatic carbocycles. The lowest BCUT2D eigenvalue weighted by atomic mass is 10.0. The Morgan fingerprint density at radius 3 is 0.692 bits per heavy atom. The van der Waals surface area contributed by atoms with Crippen molar-refractivity contribution in [1.82, 2.24) is 80.7 Å². The molecule has 0 aliphatic carbocycles. The minimum absolute atomic E-state index is 0.108. The molecule has 6 saturated heterocycles. The number of imidazole rings is 4. The predicted octanol–water partition coefficient (Wildman–Crippen LogP) is 17.3. The Morgan fingerprint density at radius 1 is 0.292 bits per heavy atom. The molecule has 4 aromatic heterocycles. The summed E-state index contributed by atoms with van der Waals surface area (Å²) in [6, 6.07) is 53.1. The quantitative estimate of drug-likeness (QED) is 0.0233. The van der Waals surface area contributed by atoms with E-state index in [1.807, 2.05) is 99.8 Å². The van der Waals surface area contributed by atoms with Crippen molar-refractivity contribution in [3.63, 3.8) is 0 Å². The molecular formula is C100H122N18O12. The number of ether oxygens (including phenoxy) is 4. The SMILES string of the molecule is COC(=O)N[C@H](C(=O)N1CCC[C@H]1c1ncc(-c2ccc(C3CC[C@H](c4ccc(-c5cnc([C@@H]6CCCN6C(=O)[C@@H](NC(=O)OC)C(C)C)[nH]5)cc4)N3c3ccccc3)cc2)[nH]1)C(C)C.COC(=O)N[C@H](C(=O)N1CCC[C@H]1c1ncc(-c2ccc([C@@H]3CC[C@@H](c4ccc(-c5cnc([C@@H]6CCCN6C(=O)[C@@H](NC(=O)OC)C(C)C)[nH]5)cc4)N3c3ccccc3)cc2)[nH]1)C(C)C. The molecule has 10 aromatic rings. The van der Waals surface area contributed by atoms with Crippen molar-refractivity contribution in [3.8, 4) is 45.0 Å². The summed E-state index contributed by atoms with van der Waals surface area (Å²) >= 11 is 0. The van der Waals surface area contributed by atoms with Gasteiger partial charge < -0.3 is 89.5 Å². The van der Waals surface area contributed by atoms with E-state index in [-0.39, 0.29) is 95.6 Å². The van der Waals surface area contributed by atoms with Crippen molar-refractivity contribution in [2.75, 3.05) is 64.4 Å². The highest BCUT2D eigenvalue weighted by atomic mass is 16.5. The number of hydrogen-bond donors (Lipinski definition) is 8. The maximum atomic E-state index is 13.7. The number of nitrogens with one attached hydrogen (secondary N) is 8. The van der Waals surface area contributed by atoms with E-state index in [2.05, 4.69) is 209 Å². The number of H-pyrrole nitrogens is 4. The summed E-state index contributed by atoms with van der Waals surface area (Å²) < 4.78 is 19.2. The normalized spacial score (nSPS) is 20.6. The van der Waals surface area contributed by atoms with Gasteiger partial charge in [0.15, 0.2) is 0 Å². The predicted molar refractivity (Wildman–Crippen MR) is 495 cm³/mol. The van der Waals surface area contributed by atoms with E-state index in [0.29, 0.717) is 26.2 Å². The number of para-hydroxylation sites is 2. The summed E-state index contributed by atoms with van der Waals surface area (Å²) in [5.41, 5.74) is 14.8. The number of carbonyl (C=O) groups is 8. The molecule has 6 aliphatic rings. The molecule has 12 atom stereocenters. The van der Waals surface area contributed by atoms with E-state index in [0.717, 1.165) is 145 Å². The minimum Gasteiger partial charge on any atom is -0.453 e. The third kappa shape index (κ3) is 19.9. The van der Waals surface area contributed by atoms with Gasteiger partial charge >= 0.3 is 24.4 Å². The number of benzene rings is 6. The summed E-state index contributed by atoms with van der Waals surface area (Å²) in [6.07, 6.45) is 15.4. The highest BCUT2D eigenvalue weighted by Gasteiger charge is 2.44. The van der Waals surface area contributed by atoms with E-state index < -0.39 is 48.5 Å². The van der Waals surface area contributed by atoms with Crippen molar-refractivity contribution in [2.45, 2.75) is 205 Å². The second kappa shape index (κ2) is 41.0. The average molecular weight is 1770 g/mol. The van der Waals surface area contributed by atoms with Gasteiger partial charge in [0.2, 0.25) is 23.6 Å². The van der Waals surface area contributed by atoms with Crippen LogP contribution in [0.5, 0.6) is 0 Å². The van der Waals surface area contributed by atoms with Crippen LogP contribution in [-0.4, -0.2) is 186 Å². The zero-order valence-electron chi connectivity index (χ0n) is 76.2. The van der Waals surface area contributed by atoms with Crippen LogP contribution in [0.1, 0.15) is 226 Å². The largest absolute Gasteiger partial charge is 0.453 e. The molecule has 8 N–H and O–H groups in total. The van der Waals surface area contributed by atoms with Gasteiger partial charge in [0.05, 0.1) is 124 Å². The molecule has 6 aliphatic heterocycles. The van der Waals surface area contributed by atoms with Gasteiger partial charge in [-0.15, -0.1) is 0 Å². The molecule has 6 fully saturated rings. The van der Waals surface area contributed by atoms with Gasteiger partial charge in [0.25, 0.3) is 0 Å². The standard InChI is InChI=1S/2C50H61N9O6/c2*1-30(2)43(55-49(62)64-5)47(60)57-26-10-14-41(57)45-51-28-37(53-45)32-16-20-34(21-17-32)39-24-25-40(59(39)36-12-8-7-9-13-36)35-22-18-33(19-23-35)38-29-52-46(54-38)42-15-11-27-58(42)48(61)44(31(3)4)56-50(63)65-6/h2*7-9,12-13,16-23,28-31,39-44H,10-11,14-15,24-27H2,1-6H3,(H,51,53)(H,52,54)(H,55,62)(H,56,63)/t39-,40?,41+,42+,43+,44+;39-,40-,41-,42-,43-,44-/m10/s1. The third-order valence-corrected chi connectivity index (χ3v) is 26.7. The fraction of sp³-hybridized carbons (Fsp3) is 0.440. The van der Waals surface area contributed by atoms with Crippen LogP contribution < -0.4 is 31.1 Å². The summed E-state index contributed by atoms with van der Waals surface area (Å²) in [7, 11) is 5.19. The number of likely N-dealkylation sites (tertiary alicyclic amines) is 4. The van der Waals surface area contributed by atoms with Crippen LogP contribution in [0.2, 0.25) is 0 Å². The Bertz CT molecular complexity index is 4900. The molecule has 16 rings (SSSR count).